The lowest BCUT2D eigenvalue weighted by molar-refractivity contribution is -0.143. The minimum atomic E-state index is -5.03. The molecule has 26 heavy (non-hydrogen) atoms. The molecule has 0 aliphatic heterocycles. The highest BCUT2D eigenvalue weighted by atomic mass is 32.2. The first-order valence-electron chi connectivity index (χ1n) is 6.93. The van der Waals surface area contributed by atoms with E-state index in [2.05, 4.69) is 0 Å². The van der Waals surface area contributed by atoms with Crippen LogP contribution in [0.1, 0.15) is 22.3 Å². The number of halogens is 6. The highest BCUT2D eigenvalue weighted by Crippen LogP contribution is 2.36. The molecule has 2 aromatic carbocycles. The predicted octanol–water partition coefficient (Wildman–Crippen LogP) is 4.82. The maximum absolute atomic E-state index is 12.8. The van der Waals surface area contributed by atoms with E-state index in [0.29, 0.717) is 12.1 Å². The van der Waals surface area contributed by atoms with E-state index in [9.17, 15) is 34.8 Å². The van der Waals surface area contributed by atoms with Crippen molar-refractivity contribution in [3.8, 4) is 11.2 Å². The molecule has 0 amide bonds. The van der Waals surface area contributed by atoms with Crippen LogP contribution in [0.25, 0.3) is 0 Å². The molecule has 0 radical (unpaired) electrons. The van der Waals surface area contributed by atoms with Gasteiger partial charge in [0.25, 0.3) is 0 Å². The number of benzene rings is 2. The SMILES string of the molecule is Cc1ccc(S(=O)(=O)C#Cc2cc(C(F)(F)F)cc(C(F)(F)F)c2)cc1. The molecule has 0 spiro atoms. The van der Waals surface area contributed by atoms with E-state index in [1.165, 1.54) is 24.3 Å². The molecule has 2 nitrogen and oxygen atoms in total. The van der Waals surface area contributed by atoms with Gasteiger partial charge in [-0.2, -0.15) is 26.3 Å². The second-order valence-corrected chi connectivity index (χ2v) is 7.02. The van der Waals surface area contributed by atoms with E-state index in [1.54, 1.807) is 12.2 Å². The molecule has 2 rings (SSSR count). The Balaban J connectivity index is 2.53. The van der Waals surface area contributed by atoms with Crippen molar-refractivity contribution in [2.24, 2.45) is 0 Å². The van der Waals surface area contributed by atoms with Gasteiger partial charge in [0.05, 0.1) is 16.0 Å². The van der Waals surface area contributed by atoms with Crippen molar-refractivity contribution in [3.63, 3.8) is 0 Å². The van der Waals surface area contributed by atoms with Crippen LogP contribution in [0.15, 0.2) is 47.4 Å². The normalized spacial score (nSPS) is 12.4. The number of aryl methyl sites for hydroxylation is 1. The van der Waals surface area contributed by atoms with Crippen LogP contribution in [0.2, 0.25) is 0 Å². The third-order valence-corrected chi connectivity index (χ3v) is 4.51. The highest BCUT2D eigenvalue weighted by molar-refractivity contribution is 7.96. The van der Waals surface area contributed by atoms with Crippen LogP contribution in [-0.4, -0.2) is 8.42 Å². The number of alkyl halides is 6. The summed E-state index contributed by atoms with van der Waals surface area (Å²) in [7, 11) is -4.20. The van der Waals surface area contributed by atoms with E-state index >= 15 is 0 Å². The summed E-state index contributed by atoms with van der Waals surface area (Å²) in [4.78, 5) is -0.210. The first kappa shape index (κ1) is 19.8. The van der Waals surface area contributed by atoms with Gasteiger partial charge < -0.3 is 0 Å². The Kier molecular flexibility index (Phi) is 5.10. The van der Waals surface area contributed by atoms with Crippen LogP contribution in [0, 0.1) is 18.1 Å². The standard InChI is InChI=1S/C17H10F6O2S/c1-11-2-4-15(5-3-11)26(24,25)7-6-12-8-13(16(18,19)20)10-14(9-12)17(21,22)23/h2-5,8-10H,1H3. The molecule has 0 atom stereocenters. The molecule has 0 saturated heterocycles. The summed E-state index contributed by atoms with van der Waals surface area (Å²) in [6.45, 7) is 1.71. The van der Waals surface area contributed by atoms with Crippen molar-refractivity contribution >= 4 is 9.84 Å². The topological polar surface area (TPSA) is 34.1 Å². The minimum Gasteiger partial charge on any atom is -0.210 e. The zero-order valence-corrected chi connectivity index (χ0v) is 13.9. The number of sulfone groups is 1. The van der Waals surface area contributed by atoms with Crippen LogP contribution < -0.4 is 0 Å². The van der Waals surface area contributed by atoms with Gasteiger partial charge in [-0.3, -0.25) is 0 Å². The molecule has 0 bridgehead atoms. The minimum absolute atomic E-state index is 0.0559. The fourth-order valence-corrected chi connectivity index (χ4v) is 2.79. The number of rotatable bonds is 1. The lowest BCUT2D eigenvalue weighted by Gasteiger charge is -2.12. The van der Waals surface area contributed by atoms with E-state index in [0.717, 1.165) is 5.56 Å². The van der Waals surface area contributed by atoms with Crippen molar-refractivity contribution in [1.82, 2.24) is 0 Å². The Morgan fingerprint density at radius 2 is 1.27 bits per heavy atom. The molecular weight excluding hydrogens is 382 g/mol. The predicted molar refractivity (Wildman–Crippen MR) is 81.7 cm³/mol. The molecule has 0 aliphatic carbocycles. The van der Waals surface area contributed by atoms with Gasteiger partial charge >= 0.3 is 12.4 Å². The van der Waals surface area contributed by atoms with Crippen molar-refractivity contribution in [2.45, 2.75) is 24.2 Å². The van der Waals surface area contributed by atoms with Gasteiger partial charge in [-0.25, -0.2) is 8.42 Å². The molecule has 0 saturated carbocycles. The van der Waals surface area contributed by atoms with Crippen LogP contribution in [0.5, 0.6) is 0 Å². The monoisotopic (exact) mass is 392 g/mol. The maximum Gasteiger partial charge on any atom is 0.416 e. The largest absolute Gasteiger partial charge is 0.416 e. The van der Waals surface area contributed by atoms with Crippen LogP contribution in [0.4, 0.5) is 26.3 Å². The Labute approximate surface area is 145 Å². The first-order chi connectivity index (χ1) is 11.8. The van der Waals surface area contributed by atoms with Crippen molar-refractivity contribution in [1.29, 1.82) is 0 Å². The lowest BCUT2D eigenvalue weighted by Crippen LogP contribution is -2.11. The van der Waals surface area contributed by atoms with Crippen molar-refractivity contribution in [2.75, 3.05) is 0 Å². The fourth-order valence-electron chi connectivity index (χ4n) is 1.93. The Morgan fingerprint density at radius 1 is 0.808 bits per heavy atom. The molecule has 0 aromatic heterocycles. The zero-order valence-electron chi connectivity index (χ0n) is 13.0. The van der Waals surface area contributed by atoms with E-state index in [1.807, 2.05) is 5.92 Å². The number of hydrogen-bond donors (Lipinski definition) is 0. The van der Waals surface area contributed by atoms with Gasteiger partial charge in [-0.15, -0.1) is 0 Å². The molecule has 0 N–H and O–H groups in total. The van der Waals surface area contributed by atoms with Crippen LogP contribution in [-0.2, 0) is 22.2 Å². The lowest BCUT2D eigenvalue weighted by atomic mass is 10.1. The summed E-state index contributed by atoms with van der Waals surface area (Å²) in [6.07, 6.45) is -10.1. The summed E-state index contributed by atoms with van der Waals surface area (Å²) in [5.74, 6) is 1.89. The average molecular weight is 392 g/mol. The molecule has 0 unspecified atom stereocenters. The maximum atomic E-state index is 12.8. The van der Waals surface area contributed by atoms with Gasteiger partial charge in [0.2, 0.25) is 9.84 Å². The van der Waals surface area contributed by atoms with Crippen LogP contribution >= 0.6 is 0 Å². The zero-order chi connectivity index (χ0) is 19.8. The molecule has 2 aromatic rings. The van der Waals surface area contributed by atoms with Crippen molar-refractivity contribution in [3.05, 3.63) is 64.7 Å². The summed E-state index contributed by atoms with van der Waals surface area (Å²) >= 11 is 0. The average Bonchev–Trinajstić information content (AvgIpc) is 2.51. The summed E-state index contributed by atoms with van der Waals surface area (Å²) in [6, 6.07) is 6.14. The van der Waals surface area contributed by atoms with Crippen molar-refractivity contribution < 1.29 is 34.8 Å². The second kappa shape index (κ2) is 6.68. The van der Waals surface area contributed by atoms with E-state index in [-0.39, 0.29) is 11.0 Å². The quantitative estimate of drug-likeness (QED) is 0.515. The third-order valence-electron chi connectivity index (χ3n) is 3.25. The van der Waals surface area contributed by atoms with Gasteiger partial charge in [0, 0.05) is 10.8 Å². The summed E-state index contributed by atoms with van der Waals surface area (Å²) in [5.41, 5.74) is -3.07. The molecular formula is C17H10F6O2S. The summed E-state index contributed by atoms with van der Waals surface area (Å²) in [5, 5.41) is 1.76. The number of hydrogen-bond acceptors (Lipinski definition) is 2. The molecule has 0 aliphatic rings. The van der Waals surface area contributed by atoms with E-state index < -0.39 is 38.9 Å². The van der Waals surface area contributed by atoms with Gasteiger partial charge in [-0.05, 0) is 43.2 Å². The molecule has 9 heteroatoms. The fraction of sp³-hybridized carbons (Fsp3) is 0.176. The molecule has 0 fully saturated rings. The van der Waals surface area contributed by atoms with Crippen LogP contribution in [0.3, 0.4) is 0 Å². The smallest absolute Gasteiger partial charge is 0.210 e. The second-order valence-electron chi connectivity index (χ2n) is 5.34. The summed E-state index contributed by atoms with van der Waals surface area (Å²) < 4.78 is 101. The van der Waals surface area contributed by atoms with Gasteiger partial charge in [0.1, 0.15) is 0 Å². The highest BCUT2D eigenvalue weighted by Gasteiger charge is 2.36. The first-order valence-corrected chi connectivity index (χ1v) is 8.41. The third kappa shape index (κ3) is 4.79. The van der Waals surface area contributed by atoms with E-state index in [4.69, 9.17) is 0 Å². The Morgan fingerprint density at radius 3 is 1.69 bits per heavy atom. The van der Waals surface area contributed by atoms with Gasteiger partial charge in [0.15, 0.2) is 0 Å². The van der Waals surface area contributed by atoms with Gasteiger partial charge in [-0.1, -0.05) is 17.7 Å². The molecule has 138 valence electrons. The Hall–Kier alpha value is -2.47. The Bertz CT molecular complexity index is 943. The molecule has 0 heterocycles.